The first kappa shape index (κ1) is 14.4. The van der Waals surface area contributed by atoms with Crippen LogP contribution in [-0.4, -0.2) is 13.1 Å². The summed E-state index contributed by atoms with van der Waals surface area (Å²) in [6, 6.07) is 2.06. The van der Waals surface area contributed by atoms with Crippen LogP contribution in [0.5, 0.6) is 0 Å². The van der Waals surface area contributed by atoms with E-state index in [1.165, 1.54) is 30.6 Å². The lowest BCUT2D eigenvalue weighted by atomic mass is 9.72. The highest BCUT2D eigenvalue weighted by Gasteiger charge is 2.32. The van der Waals surface area contributed by atoms with Gasteiger partial charge in [-0.05, 0) is 55.1 Å². The van der Waals surface area contributed by atoms with Crippen molar-refractivity contribution >= 4 is 22.9 Å². The molecule has 0 saturated heterocycles. The first-order valence-corrected chi connectivity index (χ1v) is 8.45. The van der Waals surface area contributed by atoms with E-state index in [0.717, 1.165) is 29.9 Å². The zero-order valence-electron chi connectivity index (χ0n) is 11.4. The van der Waals surface area contributed by atoms with Crippen molar-refractivity contribution in [1.82, 2.24) is 5.32 Å². The Hall–Kier alpha value is -0.0500. The number of hydrogen-bond acceptors (Lipinski definition) is 2. The van der Waals surface area contributed by atoms with Crippen LogP contribution in [0.4, 0.5) is 0 Å². The monoisotopic (exact) mass is 285 g/mol. The van der Waals surface area contributed by atoms with Crippen molar-refractivity contribution in [2.75, 3.05) is 13.1 Å². The second-order valence-corrected chi connectivity index (χ2v) is 6.75. The first-order valence-electron chi connectivity index (χ1n) is 7.19. The molecular formula is C15H24ClNS. The molecule has 18 heavy (non-hydrogen) atoms. The number of nitrogens with one attached hydrogen (secondary N) is 1. The lowest BCUT2D eigenvalue weighted by molar-refractivity contribution is 0.229. The number of rotatable bonds is 5. The van der Waals surface area contributed by atoms with E-state index in [4.69, 9.17) is 11.6 Å². The Kier molecular flexibility index (Phi) is 5.53. The third-order valence-corrected chi connectivity index (χ3v) is 5.81. The summed E-state index contributed by atoms with van der Waals surface area (Å²) >= 11 is 8.20. The molecule has 3 unspecified atom stereocenters. The Labute approximate surface area is 120 Å². The van der Waals surface area contributed by atoms with E-state index in [9.17, 15) is 0 Å². The van der Waals surface area contributed by atoms with Gasteiger partial charge in [-0.3, -0.25) is 0 Å². The lowest BCUT2D eigenvalue weighted by Gasteiger charge is -2.36. The average Bonchev–Trinajstić information content (AvgIpc) is 2.82. The lowest BCUT2D eigenvalue weighted by Crippen LogP contribution is -2.31. The van der Waals surface area contributed by atoms with E-state index in [-0.39, 0.29) is 0 Å². The topological polar surface area (TPSA) is 12.0 Å². The molecule has 0 radical (unpaired) electrons. The van der Waals surface area contributed by atoms with Crippen molar-refractivity contribution in [3.8, 4) is 0 Å². The van der Waals surface area contributed by atoms with Gasteiger partial charge in [-0.15, -0.1) is 11.3 Å². The predicted molar refractivity (Wildman–Crippen MR) is 81.7 cm³/mol. The van der Waals surface area contributed by atoms with Gasteiger partial charge in [-0.25, -0.2) is 0 Å². The van der Waals surface area contributed by atoms with Gasteiger partial charge in [0.1, 0.15) is 0 Å². The van der Waals surface area contributed by atoms with E-state index < -0.39 is 0 Å². The van der Waals surface area contributed by atoms with Gasteiger partial charge < -0.3 is 5.32 Å². The van der Waals surface area contributed by atoms with E-state index in [2.05, 4.69) is 30.6 Å². The normalized spacial score (nSPS) is 28.5. The number of thiophene rings is 1. The fraction of sp³-hybridized carbons (Fsp3) is 0.733. The molecule has 3 atom stereocenters. The van der Waals surface area contributed by atoms with E-state index in [1.54, 1.807) is 0 Å². The van der Waals surface area contributed by atoms with Crippen molar-refractivity contribution < 1.29 is 0 Å². The number of halogens is 1. The van der Waals surface area contributed by atoms with Crippen molar-refractivity contribution in [3.63, 3.8) is 0 Å². The van der Waals surface area contributed by atoms with Crippen LogP contribution in [0.15, 0.2) is 11.4 Å². The zero-order valence-corrected chi connectivity index (χ0v) is 13.0. The minimum absolute atomic E-state index is 0.676. The van der Waals surface area contributed by atoms with Crippen LogP contribution in [0, 0.1) is 11.8 Å². The molecule has 1 aliphatic rings. The van der Waals surface area contributed by atoms with Crippen molar-refractivity contribution in [2.45, 2.75) is 45.4 Å². The Morgan fingerprint density at radius 3 is 2.83 bits per heavy atom. The van der Waals surface area contributed by atoms with Crippen molar-refractivity contribution in [3.05, 3.63) is 21.3 Å². The molecule has 1 fully saturated rings. The van der Waals surface area contributed by atoms with Crippen LogP contribution in [0.1, 0.15) is 50.3 Å². The molecule has 1 aromatic heterocycles. The average molecular weight is 286 g/mol. The second-order valence-electron chi connectivity index (χ2n) is 5.39. The van der Waals surface area contributed by atoms with Gasteiger partial charge in [-0.1, -0.05) is 38.3 Å². The molecule has 3 heteroatoms. The minimum atomic E-state index is 0.676. The highest BCUT2D eigenvalue weighted by atomic mass is 35.5. The molecule has 0 spiro atoms. The minimum Gasteiger partial charge on any atom is -0.317 e. The molecule has 1 aromatic rings. The van der Waals surface area contributed by atoms with Crippen LogP contribution in [0.2, 0.25) is 5.02 Å². The maximum absolute atomic E-state index is 6.35. The van der Waals surface area contributed by atoms with Gasteiger partial charge in [0.25, 0.3) is 0 Å². The van der Waals surface area contributed by atoms with Crippen molar-refractivity contribution in [2.24, 2.45) is 11.8 Å². The summed E-state index contributed by atoms with van der Waals surface area (Å²) < 4.78 is 0. The van der Waals surface area contributed by atoms with E-state index in [0.29, 0.717) is 5.92 Å². The third-order valence-electron chi connectivity index (χ3n) is 4.32. The Balaban J connectivity index is 2.11. The van der Waals surface area contributed by atoms with Crippen LogP contribution >= 0.6 is 22.9 Å². The van der Waals surface area contributed by atoms with Crippen molar-refractivity contribution in [1.29, 1.82) is 0 Å². The van der Waals surface area contributed by atoms with Crippen LogP contribution in [0.25, 0.3) is 0 Å². The maximum atomic E-state index is 6.35. The summed E-state index contributed by atoms with van der Waals surface area (Å²) in [4.78, 5) is 1.43. The largest absolute Gasteiger partial charge is 0.317 e. The molecule has 0 bridgehead atoms. The fourth-order valence-corrected chi connectivity index (χ4v) is 4.56. The Morgan fingerprint density at radius 1 is 1.39 bits per heavy atom. The van der Waals surface area contributed by atoms with Crippen LogP contribution in [-0.2, 0) is 0 Å². The molecule has 102 valence electrons. The summed E-state index contributed by atoms with van der Waals surface area (Å²) in [6.07, 6.45) is 5.39. The summed E-state index contributed by atoms with van der Waals surface area (Å²) in [5.41, 5.74) is 0. The van der Waals surface area contributed by atoms with Gasteiger partial charge in [0.2, 0.25) is 0 Å². The zero-order chi connectivity index (χ0) is 13.0. The Bertz CT molecular complexity index is 363. The van der Waals surface area contributed by atoms with Crippen LogP contribution in [0.3, 0.4) is 0 Å². The summed E-state index contributed by atoms with van der Waals surface area (Å²) in [7, 11) is 0. The summed E-state index contributed by atoms with van der Waals surface area (Å²) in [5, 5.41) is 6.65. The van der Waals surface area contributed by atoms with E-state index in [1.807, 2.05) is 11.3 Å². The van der Waals surface area contributed by atoms with Gasteiger partial charge in [-0.2, -0.15) is 0 Å². The van der Waals surface area contributed by atoms with E-state index >= 15 is 0 Å². The van der Waals surface area contributed by atoms with Crippen LogP contribution < -0.4 is 5.32 Å². The molecule has 0 aliphatic heterocycles. The molecule has 1 saturated carbocycles. The highest BCUT2D eigenvalue weighted by Crippen LogP contribution is 2.45. The third kappa shape index (κ3) is 3.28. The molecule has 1 heterocycles. The molecule has 1 aliphatic carbocycles. The summed E-state index contributed by atoms with van der Waals surface area (Å²) in [5.74, 6) is 2.34. The fourth-order valence-electron chi connectivity index (χ4n) is 3.16. The molecule has 0 aromatic carbocycles. The Morgan fingerprint density at radius 2 is 2.22 bits per heavy atom. The predicted octanol–water partition coefficient (Wildman–Crippen LogP) is 4.92. The van der Waals surface area contributed by atoms with Gasteiger partial charge in [0.15, 0.2) is 0 Å². The smallest absolute Gasteiger partial charge is 0.0547 e. The standard InChI is InChI=1S/C15H24ClNS/c1-3-11-5-6-12(10-17-4-2)13(9-11)15-14(16)7-8-18-15/h7-8,11-13,17H,3-6,9-10H2,1-2H3. The molecular weight excluding hydrogens is 262 g/mol. The maximum Gasteiger partial charge on any atom is 0.0547 e. The van der Waals surface area contributed by atoms with Gasteiger partial charge >= 0.3 is 0 Å². The molecule has 2 rings (SSSR count). The number of hydrogen-bond donors (Lipinski definition) is 1. The molecule has 1 nitrogen and oxygen atoms in total. The SMILES string of the molecule is CCNCC1CCC(CC)CC1c1sccc1Cl. The molecule has 1 N–H and O–H groups in total. The second kappa shape index (κ2) is 6.93. The highest BCUT2D eigenvalue weighted by molar-refractivity contribution is 7.10. The first-order chi connectivity index (χ1) is 8.76. The van der Waals surface area contributed by atoms with Gasteiger partial charge in [0.05, 0.1) is 5.02 Å². The quantitative estimate of drug-likeness (QED) is 0.809. The summed E-state index contributed by atoms with van der Waals surface area (Å²) in [6.45, 7) is 6.72. The molecule has 0 amide bonds. The van der Waals surface area contributed by atoms with Gasteiger partial charge in [0, 0.05) is 4.88 Å².